The van der Waals surface area contributed by atoms with Crippen molar-refractivity contribution < 1.29 is 13.2 Å². The van der Waals surface area contributed by atoms with Crippen LogP contribution in [0.25, 0.3) is 135 Å². The maximum Gasteiger partial charge on any atom is 0.415 e. The number of nitrogens with zero attached hydrogens (tertiary/aromatic N) is 12. The van der Waals surface area contributed by atoms with Gasteiger partial charge in [-0.15, -0.1) is 0 Å². The summed E-state index contributed by atoms with van der Waals surface area (Å²) in [5.41, 5.74) is 5.98. The molecule has 0 aliphatic carbocycles. The van der Waals surface area contributed by atoms with Crippen LogP contribution in [0.15, 0.2) is 176 Å². The van der Waals surface area contributed by atoms with Gasteiger partial charge in [0.1, 0.15) is 0 Å². The van der Waals surface area contributed by atoms with Crippen molar-refractivity contribution in [3.8, 4) is 97.4 Å². The molecular weight excluding hydrogens is 1080 g/mol. The highest BCUT2D eigenvalue weighted by Gasteiger charge is 2.37. The Morgan fingerprint density at radius 2 is 0.651 bits per heavy atom. The number of benzene rings is 10. The minimum atomic E-state index is -5.05. The van der Waals surface area contributed by atoms with Crippen molar-refractivity contribution >= 4 is 72.0 Å². The van der Waals surface area contributed by atoms with Crippen molar-refractivity contribution in [1.29, 1.82) is 26.3 Å². The molecule has 0 saturated heterocycles. The lowest BCUT2D eigenvalue weighted by molar-refractivity contribution is -0.137. The van der Waals surface area contributed by atoms with Gasteiger partial charge in [0.25, 0.3) is 0 Å². The third-order valence-electron chi connectivity index (χ3n) is 15.0. The van der Waals surface area contributed by atoms with Crippen LogP contribution < -0.4 is 0 Å². The summed E-state index contributed by atoms with van der Waals surface area (Å²) >= 11 is 0. The standard InChI is InChI=1S/C71H29F3N12/c1-80-53-22-42(37-77)20-50(26-53)46-10-14-64-58(31-46)57-30-45(49-18-40(35-75)17-41(19-49)36-76)9-13-63(57)85(64)67-24-44(39-79)25-68(70(67)69-61(71(72,73)74)7-6-8-62(69)84-5)86-65-15-11-47(51-21-43(38-78)23-54(27-51)81-2)32-59(65)60-33-48(12-16-66(60)86)52-28-55(82-3)34-56(29-52)83-4/h6-34H. The van der Waals surface area contributed by atoms with E-state index in [4.69, 9.17) is 32.9 Å². The lowest BCUT2D eigenvalue weighted by atomic mass is 9.92. The van der Waals surface area contributed by atoms with E-state index in [2.05, 4.69) is 54.6 Å². The van der Waals surface area contributed by atoms with Crippen LogP contribution in [0, 0.1) is 89.5 Å². The number of hydrogen-bond acceptors (Lipinski definition) is 5. The van der Waals surface area contributed by atoms with E-state index in [-0.39, 0.29) is 73.2 Å². The van der Waals surface area contributed by atoms with Crippen molar-refractivity contribution in [2.45, 2.75) is 6.18 Å². The van der Waals surface area contributed by atoms with E-state index < -0.39 is 17.3 Å². The van der Waals surface area contributed by atoms with Gasteiger partial charge in [-0.25, -0.2) is 24.2 Å². The van der Waals surface area contributed by atoms with Gasteiger partial charge in [-0.2, -0.15) is 39.5 Å². The summed E-state index contributed by atoms with van der Waals surface area (Å²) in [5.74, 6) is 0. The van der Waals surface area contributed by atoms with Gasteiger partial charge in [-0.05, 0) is 160 Å². The molecule has 0 aliphatic heterocycles. The zero-order valence-electron chi connectivity index (χ0n) is 44.2. The van der Waals surface area contributed by atoms with Crippen molar-refractivity contribution in [2.24, 2.45) is 0 Å². The normalized spacial score (nSPS) is 10.8. The Labute approximate surface area is 488 Å². The summed E-state index contributed by atoms with van der Waals surface area (Å²) in [7, 11) is 0. The zero-order valence-corrected chi connectivity index (χ0v) is 44.2. The molecule has 0 spiro atoms. The molecule has 394 valence electrons. The monoisotopic (exact) mass is 1110 g/mol. The van der Waals surface area contributed by atoms with Gasteiger partial charge in [0, 0.05) is 43.8 Å². The van der Waals surface area contributed by atoms with Gasteiger partial charge in [-0.1, -0.05) is 60.7 Å². The average Bonchev–Trinajstić information content (AvgIpc) is 1.85. The molecule has 0 radical (unpaired) electrons. The molecule has 2 aromatic heterocycles. The fraction of sp³-hybridized carbons (Fsp3) is 0.0141. The molecule has 0 aliphatic rings. The van der Waals surface area contributed by atoms with Crippen molar-refractivity contribution in [1.82, 2.24) is 9.13 Å². The summed E-state index contributed by atoms with van der Waals surface area (Å²) in [6.45, 7) is 39.8. The first-order valence-electron chi connectivity index (χ1n) is 25.8. The Balaban J connectivity index is 1.25. The highest BCUT2D eigenvalue weighted by molar-refractivity contribution is 6.15. The van der Waals surface area contributed by atoms with E-state index in [1.54, 1.807) is 106 Å². The number of alkyl halides is 3. The predicted octanol–water partition coefficient (Wildman–Crippen LogP) is 19.3. The average molecular weight is 1110 g/mol. The predicted molar refractivity (Wildman–Crippen MR) is 322 cm³/mol. The Bertz CT molecular complexity index is 4800. The summed E-state index contributed by atoms with van der Waals surface area (Å²) in [4.78, 5) is 18.1. The molecule has 12 rings (SSSR count). The van der Waals surface area contributed by atoms with Gasteiger partial charge in [0.05, 0.1) is 119 Å². The van der Waals surface area contributed by atoms with Crippen molar-refractivity contribution in [3.05, 3.63) is 266 Å². The van der Waals surface area contributed by atoms with E-state index in [9.17, 15) is 26.3 Å². The summed E-state index contributed by atoms with van der Waals surface area (Å²) < 4.78 is 51.7. The van der Waals surface area contributed by atoms with Crippen LogP contribution in [0.3, 0.4) is 0 Å². The minimum Gasteiger partial charge on any atom is -0.309 e. The molecule has 12 nitrogen and oxygen atoms in total. The van der Waals surface area contributed by atoms with Gasteiger partial charge in [0.2, 0.25) is 0 Å². The summed E-state index contributed by atoms with van der Waals surface area (Å²) in [5, 5.41) is 53.4. The second kappa shape index (κ2) is 20.9. The molecule has 0 fully saturated rings. The number of nitriles is 5. The Kier molecular flexibility index (Phi) is 12.9. The highest BCUT2D eigenvalue weighted by Crippen LogP contribution is 2.51. The number of halogens is 3. The molecule has 15 heteroatoms. The molecule has 0 amide bonds. The molecule has 86 heavy (non-hydrogen) atoms. The Morgan fingerprint density at radius 3 is 0.988 bits per heavy atom. The Hall–Kier alpha value is -13.5. The van der Waals surface area contributed by atoms with Crippen LogP contribution in [0.1, 0.15) is 33.4 Å². The molecule has 12 aromatic rings. The second-order valence-corrected chi connectivity index (χ2v) is 19.9. The number of aromatic nitrogens is 2. The van der Waals surface area contributed by atoms with E-state index in [0.717, 1.165) is 6.07 Å². The third-order valence-corrected chi connectivity index (χ3v) is 15.0. The second-order valence-electron chi connectivity index (χ2n) is 19.9. The van der Waals surface area contributed by atoms with Crippen LogP contribution in [0.2, 0.25) is 0 Å². The van der Waals surface area contributed by atoms with Crippen molar-refractivity contribution in [3.63, 3.8) is 0 Å². The van der Waals surface area contributed by atoms with Crippen LogP contribution in [0.5, 0.6) is 0 Å². The van der Waals surface area contributed by atoms with Gasteiger partial charge in [0.15, 0.2) is 28.4 Å². The van der Waals surface area contributed by atoms with Crippen molar-refractivity contribution in [2.75, 3.05) is 0 Å². The van der Waals surface area contributed by atoms with Crippen LogP contribution in [-0.2, 0) is 6.18 Å². The number of rotatable bonds is 7. The van der Waals surface area contributed by atoms with Gasteiger partial charge < -0.3 is 9.13 Å². The number of hydrogen-bond donors (Lipinski definition) is 0. The molecule has 0 unspecified atom stereocenters. The topological polar surface area (TPSA) is 151 Å². The largest absolute Gasteiger partial charge is 0.415 e. The van der Waals surface area contributed by atoms with Gasteiger partial charge >= 0.3 is 6.18 Å². The molecular formula is C71H29F3N12. The van der Waals surface area contributed by atoms with Crippen LogP contribution in [-0.4, -0.2) is 9.13 Å². The number of fused-ring (bicyclic) bond motifs is 6. The molecule has 2 heterocycles. The molecule has 0 atom stereocenters. The molecule has 10 aromatic carbocycles. The third kappa shape index (κ3) is 9.00. The summed E-state index contributed by atoms with van der Waals surface area (Å²) in [6.07, 6.45) is -5.05. The smallest absolute Gasteiger partial charge is 0.309 e. The van der Waals surface area contributed by atoms with Crippen LogP contribution >= 0.6 is 0 Å². The maximum absolute atomic E-state index is 16.1. The minimum absolute atomic E-state index is 0.0130. The lowest BCUT2D eigenvalue weighted by Gasteiger charge is -2.24. The SMILES string of the molecule is [C-]#[N+]c1cc(C#N)cc(-c2ccc3c(c2)c2cc(-c4cc(C#N)cc(C#N)c4)ccc2n3-c2cc(C#N)cc(-n3c4ccc(-c5cc(C#N)cc([N+]#[C-])c5)cc4c4cc(-c5cc([N+]#[C-])cc([N+]#[C-])c5)ccc43)c2-c2c([N+]#[C-])cccc2C(F)(F)F)c1. The van der Waals surface area contributed by atoms with E-state index in [0.29, 0.717) is 88.1 Å². The first-order valence-corrected chi connectivity index (χ1v) is 25.8. The first kappa shape index (κ1) is 53.1. The quantitative estimate of drug-likeness (QED) is 0.146. The molecule has 0 bridgehead atoms. The molecule has 0 saturated carbocycles. The molecule has 0 N–H and O–H groups in total. The summed E-state index contributed by atoms with van der Waals surface area (Å²) in [6, 6.07) is 57.5. The van der Waals surface area contributed by atoms with E-state index >= 15 is 13.2 Å². The fourth-order valence-corrected chi connectivity index (χ4v) is 11.3. The van der Waals surface area contributed by atoms with E-state index in [1.165, 1.54) is 48.5 Å². The highest BCUT2D eigenvalue weighted by atomic mass is 19.4. The fourth-order valence-electron chi connectivity index (χ4n) is 11.3. The van der Waals surface area contributed by atoms with Gasteiger partial charge in [-0.3, -0.25) is 0 Å². The van der Waals surface area contributed by atoms with E-state index in [1.807, 2.05) is 24.3 Å². The van der Waals surface area contributed by atoms with Crippen LogP contribution in [0.4, 0.5) is 41.6 Å². The Morgan fingerprint density at radius 1 is 0.326 bits per heavy atom. The lowest BCUT2D eigenvalue weighted by Crippen LogP contribution is -2.11. The first-order chi connectivity index (χ1) is 41.7. The maximum atomic E-state index is 16.1. The zero-order chi connectivity index (χ0) is 60.1.